The second-order valence-corrected chi connectivity index (χ2v) is 17.3. The summed E-state index contributed by atoms with van der Waals surface area (Å²) in [5, 5.41) is 14.0. The monoisotopic (exact) mass is 825 g/mol. The van der Waals surface area contributed by atoms with Crippen molar-refractivity contribution < 1.29 is 43.3 Å². The molecule has 2 bridgehead atoms. The Morgan fingerprint density at radius 2 is 1.52 bits per heavy atom. The van der Waals surface area contributed by atoms with Crippen LogP contribution in [-0.4, -0.2) is 102 Å². The lowest BCUT2D eigenvalue weighted by atomic mass is 9.62. The number of amides is 2. The van der Waals surface area contributed by atoms with Crippen LogP contribution in [0.4, 0.5) is 0 Å². The lowest BCUT2D eigenvalue weighted by Crippen LogP contribution is -2.70. The fourth-order valence-electron chi connectivity index (χ4n) is 10.4. The molecule has 4 aliphatic heterocycles. The molecule has 4 heterocycles. The van der Waals surface area contributed by atoms with Gasteiger partial charge in [-0.15, -0.1) is 0 Å². The molecule has 10 atom stereocenters. The van der Waals surface area contributed by atoms with Crippen LogP contribution in [0.2, 0.25) is 0 Å². The van der Waals surface area contributed by atoms with Crippen molar-refractivity contribution in [2.45, 2.75) is 93.1 Å². The smallest absolute Gasteiger partial charge is 0.327 e. The van der Waals surface area contributed by atoms with Crippen molar-refractivity contribution in [2.75, 3.05) is 20.2 Å². The number of hydroxylamine groups is 2. The predicted molar refractivity (Wildman–Crippen MR) is 223 cm³/mol. The van der Waals surface area contributed by atoms with Gasteiger partial charge in [-0.05, 0) is 41.9 Å². The molecule has 2 saturated carbocycles. The van der Waals surface area contributed by atoms with E-state index in [1.807, 2.05) is 103 Å². The summed E-state index contributed by atoms with van der Waals surface area (Å²) in [5.74, 6) is -2.36. The van der Waals surface area contributed by atoms with Crippen molar-refractivity contribution in [3.8, 4) is 0 Å². The minimum atomic E-state index is -1.53. The van der Waals surface area contributed by atoms with Crippen LogP contribution in [0.5, 0.6) is 0 Å². The van der Waals surface area contributed by atoms with Gasteiger partial charge in [0, 0.05) is 37.6 Å². The Hall–Kier alpha value is -5.21. The number of carbonyl (C=O) groups is 3. The highest BCUT2D eigenvalue weighted by atomic mass is 16.8. The van der Waals surface area contributed by atoms with Gasteiger partial charge in [-0.3, -0.25) is 19.2 Å². The zero-order valence-corrected chi connectivity index (χ0v) is 34.1. The molecular weight excluding hydrogens is 775 g/mol. The number of hydrogen-bond acceptors (Lipinski definition) is 10. The van der Waals surface area contributed by atoms with Crippen molar-refractivity contribution in [1.29, 1.82) is 0 Å². The van der Waals surface area contributed by atoms with Gasteiger partial charge in [0.05, 0.1) is 25.4 Å². The Morgan fingerprint density at radius 1 is 0.852 bits per heavy atom. The molecule has 2 N–H and O–H groups in total. The van der Waals surface area contributed by atoms with Gasteiger partial charge in [-0.25, -0.2) is 0 Å². The molecule has 0 radical (unpaired) electrons. The highest BCUT2D eigenvalue weighted by Crippen LogP contribution is 2.60. The van der Waals surface area contributed by atoms with Crippen LogP contribution < -0.4 is 5.32 Å². The van der Waals surface area contributed by atoms with Crippen molar-refractivity contribution >= 4 is 23.9 Å². The number of esters is 1. The highest BCUT2D eigenvalue weighted by molar-refractivity contribution is 5.96. The van der Waals surface area contributed by atoms with E-state index in [-0.39, 0.29) is 32.5 Å². The third-order valence-corrected chi connectivity index (χ3v) is 13.6. The number of aliphatic hydroxyl groups is 1. The molecule has 3 unspecified atom stereocenters. The number of fused-ring (bicyclic) bond motifs is 5. The maximum atomic E-state index is 15.7. The van der Waals surface area contributed by atoms with Gasteiger partial charge >= 0.3 is 5.97 Å². The molecule has 0 aromatic heterocycles. The molecular formula is C49H51N3O9. The SMILES string of the molecule is CN(C(=O)[C@@]12C[C@H]3OC(=O)[C@@H]1N(Cc1ccc(C=CC4CCC5OC5C4)cc1)O[C@@H]2[C@H]1OC(c2ccccc2)(c2ccccc2)O[C@H]13)[C@H](Cc1ccccc1)C(=O)NCCO. The Balaban J connectivity index is 1.01. The largest absolute Gasteiger partial charge is 0.458 e. The van der Waals surface area contributed by atoms with Gasteiger partial charge in [-0.2, -0.15) is 5.06 Å². The van der Waals surface area contributed by atoms with E-state index in [1.165, 1.54) is 4.90 Å². The Kier molecular flexibility index (Phi) is 10.6. The van der Waals surface area contributed by atoms with E-state index in [0.717, 1.165) is 47.1 Å². The lowest BCUT2D eigenvalue weighted by Gasteiger charge is -2.50. The summed E-state index contributed by atoms with van der Waals surface area (Å²) >= 11 is 0. The molecule has 10 rings (SSSR count). The summed E-state index contributed by atoms with van der Waals surface area (Å²) < 4.78 is 26.2. The minimum Gasteiger partial charge on any atom is -0.458 e. The summed E-state index contributed by atoms with van der Waals surface area (Å²) in [6, 6.07) is 34.7. The van der Waals surface area contributed by atoms with Crippen molar-refractivity contribution in [1.82, 2.24) is 15.3 Å². The predicted octanol–water partition coefficient (Wildman–Crippen LogP) is 4.93. The second-order valence-electron chi connectivity index (χ2n) is 17.3. The summed E-state index contributed by atoms with van der Waals surface area (Å²) in [5.41, 5.74) is 2.75. The molecule has 316 valence electrons. The molecule has 4 aromatic rings. The molecule has 12 nitrogen and oxygen atoms in total. The van der Waals surface area contributed by atoms with Crippen LogP contribution in [0.3, 0.4) is 0 Å². The van der Waals surface area contributed by atoms with Gasteiger partial charge in [-0.1, -0.05) is 127 Å². The zero-order chi connectivity index (χ0) is 41.7. The summed E-state index contributed by atoms with van der Waals surface area (Å²) in [4.78, 5) is 52.6. The van der Waals surface area contributed by atoms with Gasteiger partial charge < -0.3 is 34.3 Å². The number of nitrogens with zero attached hydrogens (tertiary/aromatic N) is 2. The van der Waals surface area contributed by atoms with Gasteiger partial charge in [0.1, 0.15) is 35.9 Å². The van der Waals surface area contributed by atoms with E-state index < -0.39 is 65.5 Å². The van der Waals surface area contributed by atoms with Crippen molar-refractivity contribution in [3.05, 3.63) is 149 Å². The maximum Gasteiger partial charge on any atom is 0.327 e. The number of hydrogen-bond donors (Lipinski definition) is 2. The first-order chi connectivity index (χ1) is 29.8. The number of aliphatic hydroxyl groups excluding tert-OH is 1. The first kappa shape index (κ1) is 39.9. The number of benzene rings is 4. The summed E-state index contributed by atoms with van der Waals surface area (Å²) in [6.45, 7) is -0.0579. The highest BCUT2D eigenvalue weighted by Gasteiger charge is 2.77. The Morgan fingerprint density at radius 3 is 2.20 bits per heavy atom. The van der Waals surface area contributed by atoms with E-state index >= 15 is 4.79 Å². The normalized spacial score (nSPS) is 31.1. The number of allylic oxidation sites excluding steroid dienone is 1. The molecule has 6 fully saturated rings. The third-order valence-electron chi connectivity index (χ3n) is 13.6. The number of epoxide rings is 1. The lowest BCUT2D eigenvalue weighted by molar-refractivity contribution is -0.214. The average molecular weight is 826 g/mol. The number of likely N-dealkylation sites (N-methyl/N-ethyl adjacent to an activating group) is 1. The molecule has 12 heteroatoms. The van der Waals surface area contributed by atoms with Crippen LogP contribution in [-0.2, 0) is 56.9 Å². The number of carbonyl (C=O) groups excluding carboxylic acids is 3. The molecule has 2 amide bonds. The first-order valence-corrected chi connectivity index (χ1v) is 21.5. The van der Waals surface area contributed by atoms with Crippen LogP contribution in [0.1, 0.15) is 53.5 Å². The third kappa shape index (κ3) is 7.18. The fourth-order valence-corrected chi connectivity index (χ4v) is 10.4. The molecule has 6 aliphatic rings. The van der Waals surface area contributed by atoms with Crippen LogP contribution in [0.25, 0.3) is 6.08 Å². The Bertz CT molecular complexity index is 2220. The first-order valence-electron chi connectivity index (χ1n) is 21.5. The number of ether oxygens (including phenoxy) is 4. The number of rotatable bonds is 13. The molecule has 61 heavy (non-hydrogen) atoms. The van der Waals surface area contributed by atoms with Crippen LogP contribution in [0.15, 0.2) is 121 Å². The van der Waals surface area contributed by atoms with Crippen molar-refractivity contribution in [3.63, 3.8) is 0 Å². The summed E-state index contributed by atoms with van der Waals surface area (Å²) in [6.07, 6.45) is 5.41. The van der Waals surface area contributed by atoms with Crippen LogP contribution >= 0.6 is 0 Å². The van der Waals surface area contributed by atoms with Crippen LogP contribution in [0, 0.1) is 11.3 Å². The van der Waals surface area contributed by atoms with E-state index in [2.05, 4.69) is 29.6 Å². The zero-order valence-electron chi connectivity index (χ0n) is 34.1. The molecule has 4 aromatic carbocycles. The van der Waals surface area contributed by atoms with Gasteiger partial charge in [0.2, 0.25) is 17.6 Å². The second kappa shape index (κ2) is 16.2. The maximum absolute atomic E-state index is 15.7. The molecule has 4 saturated heterocycles. The fraction of sp³-hybridized carbons (Fsp3) is 0.408. The van der Waals surface area contributed by atoms with Gasteiger partial charge in [0.25, 0.3) is 0 Å². The quantitative estimate of drug-likeness (QED) is 0.141. The van der Waals surface area contributed by atoms with E-state index in [9.17, 15) is 14.7 Å². The topological polar surface area (TPSA) is 139 Å². The standard InChI is InChI=1S/C49H51N3O9/c1-51(37(45(54)50-25-26-53)27-32-11-5-2-6-12-32)47(56)48-29-40-41-42(60-49(59-41,35-13-7-3-8-14-35)36-15-9-4-10-16-36)44(48)61-52(43(48)46(55)58-40)30-34-21-18-31(19-22-34)17-20-33-23-24-38-39(28-33)57-38/h2-22,33,37-44,53H,23-30H2,1H3,(H,50,54)/t33?,37-,38?,39?,40-,41+,42+,43+,44-,48+/m1/s1. The van der Waals surface area contributed by atoms with E-state index in [1.54, 1.807) is 12.1 Å². The van der Waals surface area contributed by atoms with Gasteiger partial charge in [0.15, 0.2) is 6.04 Å². The number of nitrogens with one attached hydrogen (secondary N) is 1. The van der Waals surface area contributed by atoms with E-state index in [4.69, 9.17) is 23.8 Å². The summed E-state index contributed by atoms with van der Waals surface area (Å²) in [7, 11) is 1.60. The Labute approximate surface area is 355 Å². The molecule has 0 spiro atoms. The van der Waals surface area contributed by atoms with Crippen molar-refractivity contribution in [2.24, 2.45) is 11.3 Å². The minimum absolute atomic E-state index is 0.0226. The molecule has 2 aliphatic carbocycles. The van der Waals surface area contributed by atoms with E-state index in [0.29, 0.717) is 18.1 Å². The average Bonchev–Trinajstić information content (AvgIpc) is 3.82.